The number of amides is 4. The van der Waals surface area contributed by atoms with Crippen LogP contribution in [0.15, 0.2) is 0 Å². The third-order valence-corrected chi connectivity index (χ3v) is 5.12. The summed E-state index contributed by atoms with van der Waals surface area (Å²) in [5, 5.41) is 17.1. The predicted molar refractivity (Wildman–Crippen MR) is 119 cm³/mol. The van der Waals surface area contributed by atoms with Crippen molar-refractivity contribution in [3.05, 3.63) is 0 Å². The molecule has 32 heavy (non-hydrogen) atoms. The summed E-state index contributed by atoms with van der Waals surface area (Å²) in [5.74, 6) is -4.46. The maximum absolute atomic E-state index is 12.9. The van der Waals surface area contributed by atoms with Crippen LogP contribution in [0.1, 0.15) is 60.8 Å². The normalized spacial score (nSPS) is 15.9. The Kier molecular flexibility index (Phi) is 12.5. The first-order valence-electron chi connectivity index (χ1n) is 10.9. The van der Waals surface area contributed by atoms with Gasteiger partial charge in [-0.3, -0.25) is 19.2 Å². The van der Waals surface area contributed by atoms with Crippen LogP contribution in [-0.4, -0.2) is 58.9 Å². The van der Waals surface area contributed by atoms with Crippen molar-refractivity contribution in [1.29, 1.82) is 0 Å². The summed E-state index contributed by atoms with van der Waals surface area (Å²) in [7, 11) is 0. The Morgan fingerprint density at radius 1 is 0.844 bits per heavy atom. The van der Waals surface area contributed by atoms with Crippen LogP contribution in [0.4, 0.5) is 0 Å². The van der Waals surface area contributed by atoms with Gasteiger partial charge in [-0.2, -0.15) is 0 Å². The Hall–Kier alpha value is -2.69. The lowest BCUT2D eigenvalue weighted by molar-refractivity contribution is -0.143. The Morgan fingerprint density at radius 3 is 1.75 bits per heavy atom. The highest BCUT2D eigenvalue weighted by molar-refractivity contribution is 5.95. The molecule has 11 nitrogen and oxygen atoms in total. The molecule has 0 bridgehead atoms. The molecular formula is C21H39N5O6. The molecule has 0 aliphatic heterocycles. The van der Waals surface area contributed by atoms with E-state index in [2.05, 4.69) is 16.0 Å². The van der Waals surface area contributed by atoms with Gasteiger partial charge in [-0.05, 0) is 24.2 Å². The van der Waals surface area contributed by atoms with Gasteiger partial charge in [-0.25, -0.2) is 4.79 Å². The molecule has 0 rings (SSSR count). The highest BCUT2D eigenvalue weighted by Gasteiger charge is 2.34. The number of rotatable bonds is 14. The highest BCUT2D eigenvalue weighted by Crippen LogP contribution is 2.12. The molecular weight excluding hydrogens is 418 g/mol. The lowest BCUT2D eigenvalue weighted by Gasteiger charge is -2.29. The highest BCUT2D eigenvalue weighted by atomic mass is 16.4. The first-order valence-corrected chi connectivity index (χ1v) is 10.9. The van der Waals surface area contributed by atoms with Crippen molar-refractivity contribution < 1.29 is 29.1 Å². The number of carbonyl (C=O) groups excluding carboxylic acids is 4. The third kappa shape index (κ3) is 10.1. The number of carboxylic acid groups (broad SMARTS) is 1. The standard InChI is InChI=1S/C21H39N5O6/c1-7-12(6)17(20(30)24-14(21(31)32)8-10(2)3)26-19(29)16(11(4)5)25-18(28)13(22)9-15(23)27/h10-14,16-17H,7-9,22H2,1-6H3,(H2,23,27)(H,24,30)(H,25,28)(H,26,29)(H,31,32). The van der Waals surface area contributed by atoms with Crippen molar-refractivity contribution >= 4 is 29.6 Å². The summed E-state index contributed by atoms with van der Waals surface area (Å²) >= 11 is 0. The van der Waals surface area contributed by atoms with E-state index in [9.17, 15) is 29.1 Å². The fourth-order valence-corrected chi connectivity index (χ4v) is 3.00. The molecule has 0 aliphatic rings. The second-order valence-electron chi connectivity index (χ2n) is 8.91. The van der Waals surface area contributed by atoms with Crippen LogP contribution in [0.2, 0.25) is 0 Å². The van der Waals surface area contributed by atoms with Gasteiger partial charge in [0.25, 0.3) is 0 Å². The van der Waals surface area contributed by atoms with E-state index in [1.165, 1.54) is 0 Å². The van der Waals surface area contributed by atoms with Gasteiger partial charge in [0.15, 0.2) is 0 Å². The van der Waals surface area contributed by atoms with E-state index in [1.54, 1.807) is 20.8 Å². The topological polar surface area (TPSA) is 194 Å². The number of hydrogen-bond donors (Lipinski definition) is 6. The molecule has 184 valence electrons. The molecule has 0 fully saturated rings. The molecule has 5 atom stereocenters. The number of carbonyl (C=O) groups is 5. The fraction of sp³-hybridized carbons (Fsp3) is 0.762. The van der Waals surface area contributed by atoms with Gasteiger partial charge in [0.2, 0.25) is 23.6 Å². The van der Waals surface area contributed by atoms with Gasteiger partial charge in [0.1, 0.15) is 18.1 Å². The minimum absolute atomic E-state index is 0.0400. The van der Waals surface area contributed by atoms with E-state index in [0.29, 0.717) is 6.42 Å². The lowest BCUT2D eigenvalue weighted by Crippen LogP contribution is -2.60. The molecule has 0 aromatic carbocycles. The molecule has 0 spiro atoms. The van der Waals surface area contributed by atoms with Crippen LogP contribution < -0.4 is 27.4 Å². The van der Waals surface area contributed by atoms with Crippen LogP contribution >= 0.6 is 0 Å². The van der Waals surface area contributed by atoms with E-state index >= 15 is 0 Å². The van der Waals surface area contributed by atoms with Gasteiger partial charge in [0.05, 0.1) is 12.5 Å². The Morgan fingerprint density at radius 2 is 1.34 bits per heavy atom. The smallest absolute Gasteiger partial charge is 0.326 e. The minimum Gasteiger partial charge on any atom is -0.480 e. The number of nitrogens with one attached hydrogen (secondary N) is 3. The molecule has 0 aliphatic carbocycles. The molecule has 0 saturated carbocycles. The summed E-state index contributed by atoms with van der Waals surface area (Å²) in [5.41, 5.74) is 10.7. The molecule has 0 aromatic rings. The van der Waals surface area contributed by atoms with Crippen molar-refractivity contribution in [2.24, 2.45) is 29.2 Å². The average Bonchev–Trinajstić information content (AvgIpc) is 2.67. The molecule has 0 saturated heterocycles. The van der Waals surface area contributed by atoms with Crippen LogP contribution in [0.25, 0.3) is 0 Å². The molecule has 4 amide bonds. The Labute approximate surface area is 189 Å². The van der Waals surface area contributed by atoms with E-state index in [1.807, 2.05) is 20.8 Å². The molecule has 0 radical (unpaired) electrons. The Bertz CT molecular complexity index is 682. The average molecular weight is 458 g/mol. The molecule has 11 heteroatoms. The summed E-state index contributed by atoms with van der Waals surface area (Å²) in [6.07, 6.45) is 0.412. The minimum atomic E-state index is -1.21. The molecule has 5 unspecified atom stereocenters. The number of primary amides is 1. The number of carboxylic acids is 1. The molecule has 8 N–H and O–H groups in total. The van der Waals surface area contributed by atoms with Gasteiger partial charge >= 0.3 is 5.97 Å². The summed E-state index contributed by atoms with van der Waals surface area (Å²) in [4.78, 5) is 60.6. The predicted octanol–water partition coefficient (Wildman–Crippen LogP) is -0.524. The van der Waals surface area contributed by atoms with E-state index < -0.39 is 53.8 Å². The van der Waals surface area contributed by atoms with Crippen molar-refractivity contribution in [2.45, 2.75) is 85.0 Å². The van der Waals surface area contributed by atoms with Gasteiger partial charge < -0.3 is 32.5 Å². The summed E-state index contributed by atoms with van der Waals surface area (Å²) in [6, 6.07) is -4.31. The zero-order valence-corrected chi connectivity index (χ0v) is 19.8. The van der Waals surface area contributed by atoms with Gasteiger partial charge in [-0.1, -0.05) is 48.0 Å². The van der Waals surface area contributed by atoms with E-state index in [4.69, 9.17) is 11.5 Å². The molecule has 0 heterocycles. The van der Waals surface area contributed by atoms with Crippen LogP contribution in [0, 0.1) is 17.8 Å². The van der Waals surface area contributed by atoms with Gasteiger partial charge in [-0.15, -0.1) is 0 Å². The number of aliphatic carboxylic acids is 1. The first-order chi connectivity index (χ1) is 14.7. The van der Waals surface area contributed by atoms with Crippen LogP contribution in [0.3, 0.4) is 0 Å². The fourth-order valence-electron chi connectivity index (χ4n) is 3.00. The van der Waals surface area contributed by atoms with Gasteiger partial charge in [0, 0.05) is 0 Å². The van der Waals surface area contributed by atoms with Crippen molar-refractivity contribution in [3.8, 4) is 0 Å². The first kappa shape index (κ1) is 29.3. The SMILES string of the molecule is CCC(C)C(NC(=O)C(NC(=O)C(N)CC(N)=O)C(C)C)C(=O)NC(CC(C)C)C(=O)O. The van der Waals surface area contributed by atoms with Crippen molar-refractivity contribution in [3.63, 3.8) is 0 Å². The zero-order valence-electron chi connectivity index (χ0n) is 19.8. The van der Waals surface area contributed by atoms with Crippen LogP contribution in [-0.2, 0) is 24.0 Å². The maximum Gasteiger partial charge on any atom is 0.326 e. The maximum atomic E-state index is 12.9. The summed E-state index contributed by atoms with van der Waals surface area (Å²) in [6.45, 7) is 10.7. The quantitative estimate of drug-likeness (QED) is 0.202. The van der Waals surface area contributed by atoms with Crippen molar-refractivity contribution in [2.75, 3.05) is 0 Å². The van der Waals surface area contributed by atoms with E-state index in [0.717, 1.165) is 0 Å². The number of hydrogen-bond acceptors (Lipinski definition) is 6. The van der Waals surface area contributed by atoms with Crippen LogP contribution in [0.5, 0.6) is 0 Å². The van der Waals surface area contributed by atoms with E-state index in [-0.39, 0.29) is 30.6 Å². The lowest BCUT2D eigenvalue weighted by atomic mass is 9.95. The van der Waals surface area contributed by atoms with Crippen molar-refractivity contribution in [1.82, 2.24) is 16.0 Å². The zero-order chi connectivity index (χ0) is 25.2. The molecule has 0 aromatic heterocycles. The second-order valence-corrected chi connectivity index (χ2v) is 8.91. The summed E-state index contributed by atoms with van der Waals surface area (Å²) < 4.78 is 0. The largest absolute Gasteiger partial charge is 0.480 e. The number of nitrogens with two attached hydrogens (primary N) is 2. The Balaban J connectivity index is 5.50. The third-order valence-electron chi connectivity index (χ3n) is 5.12. The monoisotopic (exact) mass is 457 g/mol. The second kappa shape index (κ2) is 13.7.